The van der Waals surface area contributed by atoms with Gasteiger partial charge in [-0.1, -0.05) is 27.7 Å². The van der Waals surface area contributed by atoms with E-state index in [1.165, 1.54) is 0 Å². The fourth-order valence-electron chi connectivity index (χ4n) is 4.19. The van der Waals surface area contributed by atoms with Crippen molar-refractivity contribution in [3.63, 3.8) is 0 Å². The van der Waals surface area contributed by atoms with E-state index in [-0.39, 0.29) is 86.6 Å². The Morgan fingerprint density at radius 1 is 0.405 bits per heavy atom. The molecule has 0 aliphatic carbocycles. The maximum absolute atomic E-state index is 11.4. The van der Waals surface area contributed by atoms with Gasteiger partial charge in [0.1, 0.15) is 18.1 Å². The average molecular weight is 1210 g/mol. The van der Waals surface area contributed by atoms with Crippen molar-refractivity contribution < 1.29 is 89.8 Å². The predicted octanol–water partition coefficient (Wildman–Crippen LogP) is 14.4. The van der Waals surface area contributed by atoms with E-state index in [0.29, 0.717) is 58.0 Å². The molecule has 0 radical (unpaired) electrons. The Morgan fingerprint density at radius 3 is 0.893 bits per heavy atom. The van der Waals surface area contributed by atoms with Crippen molar-refractivity contribution in [1.29, 1.82) is 0 Å². The maximum atomic E-state index is 11.4. The van der Waals surface area contributed by atoms with Crippen molar-refractivity contribution in [2.24, 2.45) is 43.3 Å². The standard InChI is InChI=1S/C10H14O5.C10H16O2.C8H16O3.C8H16O2.4C7H14O2/c1-6-7(15-9(12)14-6)5-13-8(11)10(2,3)4;1-7-9(6-10(3,4)5)12-8(2)11-7;1-8(2,3)7(9)11-6-5-10-4;1-5-6-10-7(9)8(2,3)4;4*1-5-9-6(8)7(2,3)4/h5H2,1-4H3;2,6H2,1,3-5H3;5-6H2,1-4H3;5-6H2,1-4H3;4*5H2,1-4H3. The number of methoxy groups -OCH3 is 1. The predicted molar refractivity (Wildman–Crippen MR) is 327 cm³/mol. The average Bonchev–Trinajstić information content (AvgIpc) is 3.81. The van der Waals surface area contributed by atoms with Crippen LogP contribution in [0.25, 0.3) is 0 Å². The van der Waals surface area contributed by atoms with Crippen molar-refractivity contribution in [1.82, 2.24) is 0 Å². The summed E-state index contributed by atoms with van der Waals surface area (Å²) in [4.78, 5) is 87.5. The van der Waals surface area contributed by atoms with Gasteiger partial charge in [-0.05, 0) is 205 Å². The Hall–Kier alpha value is -5.66. The minimum atomic E-state index is -0.783. The Bertz CT molecular complexity index is 2040. The molecule has 0 spiro atoms. The molecule has 0 bridgehead atoms. The molecule has 20 heteroatoms. The molecule has 0 N–H and O–H groups in total. The van der Waals surface area contributed by atoms with E-state index in [1.54, 1.807) is 34.8 Å². The SMILES string of the molecule is C=C1OC(C)=C(CC(C)(C)C)O1.CCCOC(=O)C(C)(C)C.CCOC(=O)C(C)(C)C.CCOC(=O)C(C)(C)C.CCOC(=O)C(C)(C)C.CCOC(=O)C(C)(C)C.COCCOC(=O)C(C)(C)C.Cc1oc(=O)oc1COC(=O)C(C)(C)C. The fourth-order valence-corrected chi connectivity index (χ4v) is 4.19. The topological polar surface area (TPSA) is 255 Å². The third-order valence-electron chi connectivity index (χ3n) is 9.10. The van der Waals surface area contributed by atoms with Gasteiger partial charge in [0.2, 0.25) is 0 Å². The van der Waals surface area contributed by atoms with Crippen LogP contribution in [-0.4, -0.2) is 95.1 Å². The first-order valence-corrected chi connectivity index (χ1v) is 28.6. The van der Waals surface area contributed by atoms with E-state index in [1.807, 2.05) is 166 Å². The molecule has 0 unspecified atom stereocenters. The number of ether oxygens (including phenoxy) is 10. The van der Waals surface area contributed by atoms with Crippen LogP contribution in [0, 0.1) is 50.2 Å². The molecule has 0 fully saturated rings. The first-order chi connectivity index (χ1) is 37.6. The zero-order valence-corrected chi connectivity index (χ0v) is 58.4. The molecule has 494 valence electrons. The highest BCUT2D eigenvalue weighted by atomic mass is 16.7. The summed E-state index contributed by atoms with van der Waals surface area (Å²) in [6, 6.07) is 0. The van der Waals surface area contributed by atoms with Gasteiger partial charge in [-0.15, -0.1) is 0 Å². The number of carbonyl (C=O) groups excluding carboxylic acids is 7. The van der Waals surface area contributed by atoms with E-state index in [9.17, 15) is 38.4 Å². The van der Waals surface area contributed by atoms with Gasteiger partial charge in [0, 0.05) is 13.5 Å². The van der Waals surface area contributed by atoms with E-state index in [2.05, 4.69) is 36.2 Å². The second kappa shape index (κ2) is 42.2. The molecular formula is C64H118O20. The van der Waals surface area contributed by atoms with Crippen LogP contribution in [0.4, 0.5) is 0 Å². The van der Waals surface area contributed by atoms with Gasteiger partial charge in [-0.3, -0.25) is 33.6 Å². The lowest BCUT2D eigenvalue weighted by molar-refractivity contribution is -0.155. The quantitative estimate of drug-likeness (QED) is 0.107. The van der Waals surface area contributed by atoms with Crippen LogP contribution in [0.5, 0.6) is 0 Å². The maximum Gasteiger partial charge on any atom is 0.519 e. The number of rotatable bonds is 12. The first kappa shape index (κ1) is 89.5. The van der Waals surface area contributed by atoms with Gasteiger partial charge < -0.3 is 56.2 Å². The van der Waals surface area contributed by atoms with E-state index < -0.39 is 16.7 Å². The van der Waals surface area contributed by atoms with Crippen molar-refractivity contribution >= 4 is 41.8 Å². The van der Waals surface area contributed by atoms with Crippen LogP contribution in [0.15, 0.2) is 37.7 Å². The lowest BCUT2D eigenvalue weighted by Gasteiger charge is -2.17. The van der Waals surface area contributed by atoms with Crippen LogP contribution in [0.2, 0.25) is 0 Å². The molecule has 0 aromatic carbocycles. The summed E-state index contributed by atoms with van der Waals surface area (Å²) in [5.41, 5.74) is -2.51. The number of aryl methyl sites for hydroxylation is 1. The summed E-state index contributed by atoms with van der Waals surface area (Å²) in [5.74, 6) is 0.752. The molecule has 1 aliphatic rings. The lowest BCUT2D eigenvalue weighted by Crippen LogP contribution is -2.24. The second-order valence-electron chi connectivity index (χ2n) is 27.2. The smallest absolute Gasteiger partial charge is 0.466 e. The summed E-state index contributed by atoms with van der Waals surface area (Å²) < 4.78 is 58.3. The van der Waals surface area contributed by atoms with E-state index >= 15 is 0 Å². The third kappa shape index (κ3) is 51.9. The Morgan fingerprint density at radius 2 is 0.690 bits per heavy atom. The van der Waals surface area contributed by atoms with Gasteiger partial charge in [-0.25, -0.2) is 4.79 Å². The molecule has 0 saturated heterocycles. The summed E-state index contributed by atoms with van der Waals surface area (Å²) in [6.45, 7) is 64.2. The largest absolute Gasteiger partial charge is 0.519 e. The number of allylic oxidation sites excluding steroid dienone is 2. The second-order valence-corrected chi connectivity index (χ2v) is 27.2. The van der Waals surface area contributed by atoms with Crippen LogP contribution < -0.4 is 5.82 Å². The molecule has 84 heavy (non-hydrogen) atoms. The zero-order chi connectivity index (χ0) is 68.1. The van der Waals surface area contributed by atoms with E-state index in [4.69, 9.17) is 47.4 Å². The van der Waals surface area contributed by atoms with Crippen molar-refractivity contribution in [3.05, 3.63) is 46.2 Å². The van der Waals surface area contributed by atoms with Crippen LogP contribution in [0.1, 0.15) is 232 Å². The summed E-state index contributed by atoms with van der Waals surface area (Å²) in [5, 5.41) is 0. The third-order valence-corrected chi connectivity index (χ3v) is 9.10. The Balaban J connectivity index is -0.000000209. The van der Waals surface area contributed by atoms with Crippen LogP contribution in [-0.2, 0) is 87.5 Å². The molecule has 1 aromatic heterocycles. The van der Waals surface area contributed by atoms with E-state index in [0.717, 1.165) is 24.4 Å². The van der Waals surface area contributed by atoms with Crippen molar-refractivity contribution in [2.75, 3.05) is 53.4 Å². The fraction of sp³-hybridized carbons (Fsp3) is 0.781. The Labute approximate surface area is 506 Å². The van der Waals surface area contributed by atoms with Crippen LogP contribution in [0.3, 0.4) is 0 Å². The van der Waals surface area contributed by atoms with Crippen molar-refractivity contribution in [3.8, 4) is 0 Å². The van der Waals surface area contributed by atoms with Gasteiger partial charge in [0.05, 0.1) is 77.5 Å². The van der Waals surface area contributed by atoms with Gasteiger partial charge >= 0.3 is 47.6 Å². The highest BCUT2D eigenvalue weighted by molar-refractivity contribution is 5.77. The molecular weight excluding hydrogens is 1090 g/mol. The Kier molecular flexibility index (Phi) is 45.0. The first-order valence-electron chi connectivity index (χ1n) is 28.6. The van der Waals surface area contributed by atoms with Crippen LogP contribution >= 0.6 is 0 Å². The minimum absolute atomic E-state index is 0.0757. The summed E-state index contributed by atoms with van der Waals surface area (Å²) >= 11 is 0. The molecule has 0 saturated carbocycles. The molecule has 20 nitrogen and oxygen atoms in total. The summed E-state index contributed by atoms with van der Waals surface area (Å²) in [6.07, 6.45) is 1.78. The highest BCUT2D eigenvalue weighted by Gasteiger charge is 2.28. The van der Waals surface area contributed by atoms with Gasteiger partial charge in [0.25, 0.3) is 5.95 Å². The molecule has 0 amide bonds. The van der Waals surface area contributed by atoms with Crippen molar-refractivity contribution in [2.45, 2.75) is 234 Å². The number of hydrogen-bond donors (Lipinski definition) is 0. The number of hydrogen-bond acceptors (Lipinski definition) is 20. The lowest BCUT2D eigenvalue weighted by atomic mass is 9.91. The molecule has 1 aliphatic heterocycles. The molecule has 2 heterocycles. The normalized spacial score (nSPS) is 12.2. The summed E-state index contributed by atoms with van der Waals surface area (Å²) in [7, 11) is 1.57. The van der Waals surface area contributed by atoms with Gasteiger partial charge in [0.15, 0.2) is 18.1 Å². The molecule has 1 aromatic rings. The van der Waals surface area contributed by atoms with Gasteiger partial charge in [-0.2, -0.15) is 0 Å². The zero-order valence-electron chi connectivity index (χ0n) is 58.4. The monoisotopic (exact) mass is 1210 g/mol. The number of esters is 7. The minimum Gasteiger partial charge on any atom is -0.466 e. The molecule has 2 rings (SSSR count). The number of carbonyl (C=O) groups is 7. The molecule has 0 atom stereocenters. The highest BCUT2D eigenvalue weighted by Crippen LogP contribution is 2.33.